The van der Waals surface area contributed by atoms with Crippen LogP contribution < -0.4 is 0 Å². The molecule has 0 aliphatic rings. The molecule has 0 aliphatic carbocycles. The number of carbonyl (C=O) groups is 1. The molecule has 0 aliphatic heterocycles. The highest BCUT2D eigenvalue weighted by Gasteiger charge is 2.30. The molecule has 2 aromatic heterocycles. The van der Waals surface area contributed by atoms with Crippen molar-refractivity contribution in [3.63, 3.8) is 0 Å². The van der Waals surface area contributed by atoms with Crippen LogP contribution in [0.1, 0.15) is 27.0 Å². The maximum atomic E-state index is 12.9. The van der Waals surface area contributed by atoms with Crippen molar-refractivity contribution >= 4 is 11.5 Å². The number of carbonyl (C=O) groups excluding carboxylic acids is 1. The average Bonchev–Trinajstić information content (AvgIpc) is 2.99. The van der Waals surface area contributed by atoms with E-state index in [4.69, 9.17) is 4.74 Å². The fourth-order valence-electron chi connectivity index (χ4n) is 2.59. The number of alkyl halides is 3. The summed E-state index contributed by atoms with van der Waals surface area (Å²) in [5.41, 5.74) is 1.29. The van der Waals surface area contributed by atoms with E-state index in [1.54, 1.807) is 24.4 Å². The molecule has 124 valence electrons. The summed E-state index contributed by atoms with van der Waals surface area (Å²) in [6.45, 7) is 0. The van der Waals surface area contributed by atoms with Crippen LogP contribution in [0.5, 0.6) is 0 Å². The number of benzene rings is 1. The number of nitrogens with zero attached hydrogens (tertiary/aromatic N) is 2. The van der Waals surface area contributed by atoms with Gasteiger partial charge in [-0.2, -0.15) is 18.3 Å². The standard InChI is InChI=1S/C17H13F3N2O2/c1-24-16(23)14-10-21-22-7-3-5-12(15(14)22)8-11-4-2-6-13(9-11)17(18,19)20/h2-7,9-10H,8H2,1H3. The predicted octanol–water partition coefficient (Wildman–Crippen LogP) is 3.73. The largest absolute Gasteiger partial charge is 0.465 e. The smallest absolute Gasteiger partial charge is 0.416 e. The zero-order valence-electron chi connectivity index (χ0n) is 12.7. The molecule has 3 aromatic rings. The van der Waals surface area contributed by atoms with Crippen LogP contribution in [0.2, 0.25) is 0 Å². The Morgan fingerprint density at radius 3 is 2.75 bits per heavy atom. The fraction of sp³-hybridized carbons (Fsp3) is 0.176. The van der Waals surface area contributed by atoms with Gasteiger partial charge in [-0.25, -0.2) is 9.31 Å². The molecule has 0 N–H and O–H groups in total. The Balaban J connectivity index is 2.05. The molecule has 0 saturated carbocycles. The number of hydrogen-bond donors (Lipinski definition) is 0. The van der Waals surface area contributed by atoms with Gasteiger partial charge < -0.3 is 4.74 Å². The Morgan fingerprint density at radius 1 is 1.25 bits per heavy atom. The van der Waals surface area contributed by atoms with Crippen molar-refractivity contribution in [1.29, 1.82) is 0 Å². The molecule has 2 heterocycles. The summed E-state index contributed by atoms with van der Waals surface area (Å²) in [5, 5.41) is 4.08. The van der Waals surface area contributed by atoms with Gasteiger partial charge in [0.2, 0.25) is 0 Å². The minimum Gasteiger partial charge on any atom is -0.465 e. The van der Waals surface area contributed by atoms with Crippen LogP contribution in [-0.4, -0.2) is 22.7 Å². The summed E-state index contributed by atoms with van der Waals surface area (Å²) >= 11 is 0. The van der Waals surface area contributed by atoms with Crippen molar-refractivity contribution in [1.82, 2.24) is 9.61 Å². The van der Waals surface area contributed by atoms with Crippen LogP contribution in [0, 0.1) is 0 Å². The van der Waals surface area contributed by atoms with Gasteiger partial charge in [0.05, 0.1) is 24.4 Å². The molecule has 0 amide bonds. The molecule has 24 heavy (non-hydrogen) atoms. The molecule has 0 saturated heterocycles. The zero-order valence-corrected chi connectivity index (χ0v) is 12.7. The summed E-state index contributed by atoms with van der Waals surface area (Å²) < 4.78 is 44.8. The van der Waals surface area contributed by atoms with E-state index in [0.29, 0.717) is 16.6 Å². The van der Waals surface area contributed by atoms with Crippen LogP contribution >= 0.6 is 0 Å². The number of esters is 1. The van der Waals surface area contributed by atoms with E-state index in [1.807, 2.05) is 0 Å². The van der Waals surface area contributed by atoms with Crippen LogP contribution in [-0.2, 0) is 17.3 Å². The molecule has 0 atom stereocenters. The Morgan fingerprint density at radius 2 is 2.04 bits per heavy atom. The molecule has 0 bridgehead atoms. The van der Waals surface area contributed by atoms with E-state index in [0.717, 1.165) is 12.1 Å². The molecule has 0 radical (unpaired) electrons. The van der Waals surface area contributed by atoms with Crippen molar-refractivity contribution in [3.8, 4) is 0 Å². The number of methoxy groups -OCH3 is 1. The third kappa shape index (κ3) is 2.97. The molecule has 0 unspecified atom stereocenters. The van der Waals surface area contributed by atoms with Crippen LogP contribution in [0.3, 0.4) is 0 Å². The first-order valence-electron chi connectivity index (χ1n) is 7.10. The molecule has 0 spiro atoms. The lowest BCUT2D eigenvalue weighted by Gasteiger charge is -2.10. The highest BCUT2D eigenvalue weighted by Crippen LogP contribution is 2.30. The highest BCUT2D eigenvalue weighted by molar-refractivity contribution is 5.97. The lowest BCUT2D eigenvalue weighted by atomic mass is 10.0. The van der Waals surface area contributed by atoms with E-state index >= 15 is 0 Å². The van der Waals surface area contributed by atoms with Gasteiger partial charge in [0.1, 0.15) is 5.56 Å². The van der Waals surface area contributed by atoms with Crippen molar-refractivity contribution in [2.45, 2.75) is 12.6 Å². The Kier molecular flexibility index (Phi) is 4.01. The quantitative estimate of drug-likeness (QED) is 0.686. The number of rotatable bonds is 3. The van der Waals surface area contributed by atoms with Gasteiger partial charge in [0.15, 0.2) is 0 Å². The molecule has 1 aromatic carbocycles. The molecule has 3 rings (SSSR count). The minimum atomic E-state index is -4.39. The number of halogens is 3. The third-order valence-electron chi connectivity index (χ3n) is 3.68. The van der Waals surface area contributed by atoms with E-state index in [-0.39, 0.29) is 12.0 Å². The van der Waals surface area contributed by atoms with Gasteiger partial charge in [-0.15, -0.1) is 0 Å². The van der Waals surface area contributed by atoms with Gasteiger partial charge >= 0.3 is 12.1 Å². The summed E-state index contributed by atoms with van der Waals surface area (Å²) in [4.78, 5) is 11.9. The first-order chi connectivity index (χ1) is 11.4. The van der Waals surface area contributed by atoms with E-state index in [2.05, 4.69) is 5.10 Å². The fourth-order valence-corrected chi connectivity index (χ4v) is 2.59. The number of hydrogen-bond acceptors (Lipinski definition) is 3. The van der Waals surface area contributed by atoms with Crippen molar-refractivity contribution in [2.24, 2.45) is 0 Å². The first kappa shape index (κ1) is 16.0. The normalized spacial score (nSPS) is 11.7. The second kappa shape index (κ2) is 5.99. The molecule has 7 heteroatoms. The zero-order chi connectivity index (χ0) is 17.3. The lowest BCUT2D eigenvalue weighted by molar-refractivity contribution is -0.137. The molecule has 4 nitrogen and oxygen atoms in total. The maximum Gasteiger partial charge on any atom is 0.416 e. The molecular weight excluding hydrogens is 321 g/mol. The van der Waals surface area contributed by atoms with Crippen LogP contribution in [0.4, 0.5) is 13.2 Å². The van der Waals surface area contributed by atoms with Crippen molar-refractivity contribution < 1.29 is 22.7 Å². The van der Waals surface area contributed by atoms with Gasteiger partial charge in [0.25, 0.3) is 0 Å². The first-order valence-corrected chi connectivity index (χ1v) is 7.10. The summed E-state index contributed by atoms with van der Waals surface area (Å²) in [5.74, 6) is -0.540. The third-order valence-corrected chi connectivity index (χ3v) is 3.68. The van der Waals surface area contributed by atoms with Gasteiger partial charge in [-0.1, -0.05) is 24.3 Å². The topological polar surface area (TPSA) is 43.6 Å². The highest BCUT2D eigenvalue weighted by atomic mass is 19.4. The van der Waals surface area contributed by atoms with Crippen molar-refractivity contribution in [2.75, 3.05) is 7.11 Å². The second-order valence-corrected chi connectivity index (χ2v) is 5.25. The number of ether oxygens (including phenoxy) is 1. The van der Waals surface area contributed by atoms with Crippen molar-refractivity contribution in [3.05, 3.63) is 71.0 Å². The van der Waals surface area contributed by atoms with Crippen LogP contribution in [0.15, 0.2) is 48.8 Å². The number of aromatic nitrogens is 2. The van der Waals surface area contributed by atoms with Crippen LogP contribution in [0.25, 0.3) is 5.52 Å². The number of pyridine rings is 1. The van der Waals surface area contributed by atoms with Gasteiger partial charge in [0, 0.05) is 6.20 Å². The molecular formula is C17H13F3N2O2. The van der Waals surface area contributed by atoms with Gasteiger partial charge in [-0.05, 0) is 29.7 Å². The van der Waals surface area contributed by atoms with E-state index in [1.165, 1.54) is 23.9 Å². The van der Waals surface area contributed by atoms with E-state index in [9.17, 15) is 18.0 Å². The Labute approximate surface area is 135 Å². The lowest BCUT2D eigenvalue weighted by Crippen LogP contribution is -2.06. The summed E-state index contributed by atoms with van der Waals surface area (Å²) in [7, 11) is 1.27. The monoisotopic (exact) mass is 334 g/mol. The van der Waals surface area contributed by atoms with E-state index < -0.39 is 17.7 Å². The summed E-state index contributed by atoms with van der Waals surface area (Å²) in [6, 6.07) is 8.61. The Bertz CT molecular complexity index is 900. The SMILES string of the molecule is COC(=O)c1cnn2cccc(Cc3cccc(C(F)(F)F)c3)c12. The minimum absolute atomic E-state index is 0.240. The number of fused-ring (bicyclic) bond motifs is 1. The Hall–Kier alpha value is -2.83. The second-order valence-electron chi connectivity index (χ2n) is 5.25. The average molecular weight is 334 g/mol. The van der Waals surface area contributed by atoms with Gasteiger partial charge in [-0.3, -0.25) is 0 Å². The summed E-state index contributed by atoms with van der Waals surface area (Å²) in [6.07, 6.45) is -1.10. The predicted molar refractivity (Wildman–Crippen MR) is 80.8 cm³/mol. The molecule has 0 fully saturated rings. The maximum absolute atomic E-state index is 12.9.